The number of nitrogens with zero attached hydrogens (tertiary/aromatic N) is 3. The molecule has 84 valence electrons. The van der Waals surface area contributed by atoms with Crippen molar-refractivity contribution < 1.29 is 5.11 Å². The summed E-state index contributed by atoms with van der Waals surface area (Å²) in [6.45, 7) is 1.99. The highest BCUT2D eigenvalue weighted by Gasteiger charge is 2.08. The zero-order valence-electron chi connectivity index (χ0n) is 9.18. The van der Waals surface area contributed by atoms with Gasteiger partial charge < -0.3 is 10.1 Å². The Hall–Kier alpha value is -2.43. The molecule has 0 aliphatic heterocycles. The zero-order valence-corrected chi connectivity index (χ0v) is 9.18. The lowest BCUT2D eigenvalue weighted by molar-refractivity contribution is 0.473. The largest absolute Gasteiger partial charge is 0.506 e. The van der Waals surface area contributed by atoms with Gasteiger partial charge in [-0.3, -0.25) is 4.98 Å². The molecule has 0 spiro atoms. The number of aromatic hydroxyl groups is 1. The molecule has 3 aromatic rings. The van der Waals surface area contributed by atoms with Gasteiger partial charge in [0.25, 0.3) is 0 Å². The Bertz CT molecular complexity index is 690. The van der Waals surface area contributed by atoms with Gasteiger partial charge in [-0.2, -0.15) is 0 Å². The number of imidazole rings is 1. The summed E-state index contributed by atoms with van der Waals surface area (Å²) in [6, 6.07) is 3.53. The third kappa shape index (κ3) is 1.61. The number of rotatable bonds is 1. The SMILES string of the molecule is Cc1ccnc2nc(-c3cncc(O)c3)[nH]c12. The Balaban J connectivity index is 2.22. The molecule has 0 bridgehead atoms. The number of H-pyrrole nitrogens is 1. The second-order valence-corrected chi connectivity index (χ2v) is 3.84. The van der Waals surface area contributed by atoms with Gasteiger partial charge in [-0.1, -0.05) is 0 Å². The summed E-state index contributed by atoms with van der Waals surface area (Å²) in [6.07, 6.45) is 4.76. The van der Waals surface area contributed by atoms with Crippen molar-refractivity contribution >= 4 is 11.2 Å². The van der Waals surface area contributed by atoms with Crippen LogP contribution in [0.5, 0.6) is 5.75 Å². The minimum Gasteiger partial charge on any atom is -0.506 e. The van der Waals surface area contributed by atoms with E-state index < -0.39 is 0 Å². The maximum Gasteiger partial charge on any atom is 0.178 e. The average molecular weight is 226 g/mol. The normalized spacial score (nSPS) is 10.9. The number of pyridine rings is 2. The number of aryl methyl sites for hydroxylation is 1. The van der Waals surface area contributed by atoms with Crippen LogP contribution < -0.4 is 0 Å². The second-order valence-electron chi connectivity index (χ2n) is 3.84. The predicted molar refractivity (Wildman–Crippen MR) is 63.5 cm³/mol. The van der Waals surface area contributed by atoms with Gasteiger partial charge in [0, 0.05) is 18.0 Å². The quantitative estimate of drug-likeness (QED) is 0.665. The van der Waals surface area contributed by atoms with Crippen LogP contribution >= 0.6 is 0 Å². The molecular weight excluding hydrogens is 216 g/mol. The van der Waals surface area contributed by atoms with Gasteiger partial charge in [-0.05, 0) is 24.6 Å². The van der Waals surface area contributed by atoms with Crippen LogP contribution in [0.4, 0.5) is 0 Å². The lowest BCUT2D eigenvalue weighted by Gasteiger charge is -1.95. The fourth-order valence-electron chi connectivity index (χ4n) is 1.73. The molecule has 0 aromatic carbocycles. The molecule has 0 aliphatic rings. The minimum absolute atomic E-state index is 0.118. The first-order valence-electron chi connectivity index (χ1n) is 5.20. The number of aromatic nitrogens is 4. The van der Waals surface area contributed by atoms with Crippen molar-refractivity contribution in [2.24, 2.45) is 0 Å². The van der Waals surface area contributed by atoms with Crippen LogP contribution in [0.15, 0.2) is 30.7 Å². The Kier molecular flexibility index (Phi) is 2.04. The van der Waals surface area contributed by atoms with E-state index in [-0.39, 0.29) is 5.75 Å². The monoisotopic (exact) mass is 226 g/mol. The fourth-order valence-corrected chi connectivity index (χ4v) is 1.73. The molecule has 3 rings (SSSR count). The van der Waals surface area contributed by atoms with E-state index in [4.69, 9.17) is 0 Å². The first kappa shape index (κ1) is 9.77. The standard InChI is InChI=1S/C12H10N4O/c1-7-2-3-14-12-10(7)15-11(16-12)8-4-9(17)6-13-5-8/h2-6,17H,1H3,(H,14,15,16). The number of hydrogen-bond acceptors (Lipinski definition) is 4. The van der Waals surface area contributed by atoms with Crippen LogP contribution in [-0.4, -0.2) is 25.0 Å². The van der Waals surface area contributed by atoms with Gasteiger partial charge in [0.05, 0.1) is 11.7 Å². The van der Waals surface area contributed by atoms with Crippen molar-refractivity contribution in [2.75, 3.05) is 0 Å². The average Bonchev–Trinajstić information content (AvgIpc) is 2.74. The van der Waals surface area contributed by atoms with Crippen molar-refractivity contribution in [3.05, 3.63) is 36.3 Å². The van der Waals surface area contributed by atoms with E-state index >= 15 is 0 Å². The topological polar surface area (TPSA) is 74.7 Å². The molecular formula is C12H10N4O. The summed E-state index contributed by atoms with van der Waals surface area (Å²) >= 11 is 0. The Morgan fingerprint density at radius 2 is 2.18 bits per heavy atom. The van der Waals surface area contributed by atoms with Crippen LogP contribution in [0.2, 0.25) is 0 Å². The van der Waals surface area contributed by atoms with E-state index in [0.717, 1.165) is 16.6 Å². The van der Waals surface area contributed by atoms with Crippen molar-refractivity contribution in [1.82, 2.24) is 19.9 Å². The van der Waals surface area contributed by atoms with Crippen LogP contribution in [0.25, 0.3) is 22.6 Å². The van der Waals surface area contributed by atoms with Crippen LogP contribution in [0.1, 0.15) is 5.56 Å². The van der Waals surface area contributed by atoms with Crippen molar-refractivity contribution in [3.63, 3.8) is 0 Å². The highest BCUT2D eigenvalue weighted by molar-refractivity contribution is 5.78. The first-order valence-corrected chi connectivity index (χ1v) is 5.20. The number of fused-ring (bicyclic) bond motifs is 1. The van der Waals surface area contributed by atoms with Gasteiger partial charge in [0.1, 0.15) is 11.6 Å². The highest BCUT2D eigenvalue weighted by Crippen LogP contribution is 2.22. The maximum absolute atomic E-state index is 9.38. The minimum atomic E-state index is 0.118. The molecule has 0 saturated heterocycles. The summed E-state index contributed by atoms with van der Waals surface area (Å²) < 4.78 is 0. The summed E-state index contributed by atoms with van der Waals surface area (Å²) in [7, 11) is 0. The summed E-state index contributed by atoms with van der Waals surface area (Å²) in [4.78, 5) is 15.7. The first-order chi connectivity index (χ1) is 8.24. The van der Waals surface area contributed by atoms with Gasteiger partial charge in [0.15, 0.2) is 5.65 Å². The maximum atomic E-state index is 9.38. The van der Waals surface area contributed by atoms with Gasteiger partial charge >= 0.3 is 0 Å². The molecule has 0 radical (unpaired) electrons. The van der Waals surface area contributed by atoms with E-state index in [0.29, 0.717) is 11.5 Å². The number of nitrogens with one attached hydrogen (secondary N) is 1. The van der Waals surface area contributed by atoms with Crippen molar-refractivity contribution in [1.29, 1.82) is 0 Å². The molecule has 0 amide bonds. The summed E-state index contributed by atoms with van der Waals surface area (Å²) in [5.41, 5.74) is 3.40. The Labute approximate surface area is 97.2 Å². The third-order valence-electron chi connectivity index (χ3n) is 2.60. The van der Waals surface area contributed by atoms with E-state index in [1.165, 1.54) is 6.20 Å². The molecule has 0 aliphatic carbocycles. The van der Waals surface area contributed by atoms with E-state index in [9.17, 15) is 5.11 Å². The van der Waals surface area contributed by atoms with Crippen LogP contribution in [0, 0.1) is 6.92 Å². The molecule has 0 unspecified atom stereocenters. The Morgan fingerprint density at radius 1 is 1.29 bits per heavy atom. The van der Waals surface area contributed by atoms with Gasteiger partial charge in [-0.15, -0.1) is 0 Å². The van der Waals surface area contributed by atoms with E-state index in [1.54, 1.807) is 18.5 Å². The molecule has 0 fully saturated rings. The molecule has 0 atom stereocenters. The van der Waals surface area contributed by atoms with Crippen molar-refractivity contribution in [2.45, 2.75) is 6.92 Å². The summed E-state index contributed by atoms with van der Waals surface area (Å²) in [5, 5.41) is 9.38. The second kappa shape index (κ2) is 3.55. The van der Waals surface area contributed by atoms with Crippen LogP contribution in [-0.2, 0) is 0 Å². The van der Waals surface area contributed by atoms with Gasteiger partial charge in [0.2, 0.25) is 0 Å². The van der Waals surface area contributed by atoms with E-state index in [2.05, 4.69) is 19.9 Å². The molecule has 3 heterocycles. The molecule has 3 aromatic heterocycles. The lowest BCUT2D eigenvalue weighted by Crippen LogP contribution is -1.81. The Morgan fingerprint density at radius 3 is 2.94 bits per heavy atom. The highest BCUT2D eigenvalue weighted by atomic mass is 16.3. The third-order valence-corrected chi connectivity index (χ3v) is 2.60. The number of aromatic amines is 1. The van der Waals surface area contributed by atoms with Gasteiger partial charge in [-0.25, -0.2) is 9.97 Å². The summed E-state index contributed by atoms with van der Waals surface area (Å²) in [5.74, 6) is 0.776. The smallest absolute Gasteiger partial charge is 0.178 e. The number of hydrogen-bond donors (Lipinski definition) is 2. The zero-order chi connectivity index (χ0) is 11.8. The lowest BCUT2D eigenvalue weighted by atomic mass is 10.2. The molecule has 0 saturated carbocycles. The van der Waals surface area contributed by atoms with E-state index in [1.807, 2.05) is 13.0 Å². The predicted octanol–water partition coefficient (Wildman–Crippen LogP) is 2.03. The fraction of sp³-hybridized carbons (Fsp3) is 0.0833. The molecule has 2 N–H and O–H groups in total. The molecule has 5 nitrogen and oxygen atoms in total. The molecule has 5 heteroatoms. The van der Waals surface area contributed by atoms with Crippen LogP contribution in [0.3, 0.4) is 0 Å². The van der Waals surface area contributed by atoms with Crippen molar-refractivity contribution in [3.8, 4) is 17.1 Å². The molecule has 17 heavy (non-hydrogen) atoms.